The van der Waals surface area contributed by atoms with Gasteiger partial charge in [-0.1, -0.05) is 6.42 Å². The fraction of sp³-hybridized carbons (Fsp3) is 0.857. The van der Waals surface area contributed by atoms with Gasteiger partial charge < -0.3 is 5.73 Å². The fourth-order valence-electron chi connectivity index (χ4n) is 2.16. The van der Waals surface area contributed by atoms with E-state index in [4.69, 9.17) is 5.73 Å². The Bertz CT molecular complexity index is 157. The van der Waals surface area contributed by atoms with Crippen LogP contribution >= 0.6 is 10.9 Å². The zero-order valence-electron chi connectivity index (χ0n) is 5.92. The summed E-state index contributed by atoms with van der Waals surface area (Å²) in [6, 6.07) is 0. The Balaban J connectivity index is 2.06. The van der Waals surface area contributed by atoms with Crippen molar-refractivity contribution < 1.29 is 4.79 Å². The molecular weight excluding hydrogens is 146 g/mol. The summed E-state index contributed by atoms with van der Waals surface area (Å²) in [5.41, 5.74) is 5.28. The lowest BCUT2D eigenvalue weighted by atomic mass is 9.98. The van der Waals surface area contributed by atoms with Gasteiger partial charge in [-0.25, -0.2) is 0 Å². The van der Waals surface area contributed by atoms with Gasteiger partial charge >= 0.3 is 0 Å². The summed E-state index contributed by atoms with van der Waals surface area (Å²) < 4.78 is 0. The van der Waals surface area contributed by atoms with Gasteiger partial charge in [0.15, 0.2) is 0 Å². The van der Waals surface area contributed by atoms with Crippen molar-refractivity contribution in [2.45, 2.75) is 36.2 Å². The van der Waals surface area contributed by atoms with Crippen molar-refractivity contribution >= 4 is 16.1 Å². The van der Waals surface area contributed by atoms with E-state index < -0.39 is 0 Å². The Hall–Kier alpha value is -0.180. The third-order valence-electron chi connectivity index (χ3n) is 2.66. The molecular formula is C7H13NOS. The highest BCUT2D eigenvalue weighted by atomic mass is 32.2. The lowest BCUT2D eigenvalue weighted by Gasteiger charge is -2.50. The van der Waals surface area contributed by atoms with E-state index in [-0.39, 0.29) is 16.1 Å². The molecule has 2 aliphatic heterocycles. The molecule has 0 radical (unpaired) electrons. The van der Waals surface area contributed by atoms with Gasteiger partial charge in [0.25, 0.3) is 5.24 Å². The first-order valence-corrected chi connectivity index (χ1v) is 5.35. The van der Waals surface area contributed by atoms with E-state index in [0.717, 1.165) is 10.5 Å². The Kier molecular flexibility index (Phi) is 1.41. The molecule has 3 heteroatoms. The van der Waals surface area contributed by atoms with Gasteiger partial charge in [0.2, 0.25) is 0 Å². The fourth-order valence-corrected chi connectivity index (χ4v) is 4.97. The molecule has 3 aliphatic rings. The summed E-state index contributed by atoms with van der Waals surface area (Å²) in [6.07, 6.45) is 5.17. The molecule has 3 fully saturated rings. The predicted molar refractivity (Wildman–Crippen MR) is 44.6 cm³/mol. The van der Waals surface area contributed by atoms with Crippen LogP contribution in [0.5, 0.6) is 0 Å². The van der Waals surface area contributed by atoms with Crippen LogP contribution < -0.4 is 5.73 Å². The van der Waals surface area contributed by atoms with Crippen LogP contribution in [0.2, 0.25) is 0 Å². The topological polar surface area (TPSA) is 43.1 Å². The molecule has 10 heavy (non-hydrogen) atoms. The van der Waals surface area contributed by atoms with Crippen molar-refractivity contribution in [2.75, 3.05) is 0 Å². The maximum Gasteiger partial charge on any atom is 0.257 e. The Labute approximate surface area is 63.5 Å². The van der Waals surface area contributed by atoms with Gasteiger partial charge in [0.1, 0.15) is 0 Å². The molecule has 1 aliphatic carbocycles. The highest BCUT2D eigenvalue weighted by molar-refractivity contribution is 8.31. The molecule has 2 bridgehead atoms. The minimum Gasteiger partial charge on any atom is -0.362 e. The number of hydrogen-bond donors (Lipinski definition) is 2. The highest BCUT2D eigenvalue weighted by Gasteiger charge is 2.43. The average Bonchev–Trinajstić information content (AvgIpc) is 1.87. The van der Waals surface area contributed by atoms with Crippen LogP contribution in [0.3, 0.4) is 0 Å². The average molecular weight is 159 g/mol. The number of amides is 1. The van der Waals surface area contributed by atoms with Crippen LogP contribution in [0.25, 0.3) is 0 Å². The smallest absolute Gasteiger partial charge is 0.257 e. The molecule has 2 heterocycles. The van der Waals surface area contributed by atoms with Gasteiger partial charge in [-0.05, 0) is 29.8 Å². The molecule has 1 amide bonds. The minimum atomic E-state index is -0.356. The number of carbonyl (C=O) groups excluding carboxylic acids is 1. The van der Waals surface area contributed by atoms with E-state index in [2.05, 4.69) is 0 Å². The van der Waals surface area contributed by atoms with Crippen LogP contribution in [-0.2, 0) is 0 Å². The maximum atomic E-state index is 10.8. The van der Waals surface area contributed by atoms with Crippen molar-refractivity contribution in [1.82, 2.24) is 0 Å². The second-order valence-corrected chi connectivity index (χ2v) is 5.94. The zero-order valence-corrected chi connectivity index (χ0v) is 6.81. The minimum absolute atomic E-state index is 0.0101. The lowest BCUT2D eigenvalue weighted by molar-refractivity contribution is 0.265. The highest BCUT2D eigenvalue weighted by Crippen LogP contribution is 2.58. The predicted octanol–water partition coefficient (Wildman–Crippen LogP) is 1.39. The number of rotatable bonds is 0. The molecule has 58 valence electrons. The Morgan fingerprint density at radius 3 is 2.30 bits per heavy atom. The SMILES string of the molecule is NC(=O)[SH]1C2CCCC1C2. The van der Waals surface area contributed by atoms with E-state index >= 15 is 0 Å². The summed E-state index contributed by atoms with van der Waals surface area (Å²) in [7, 11) is -0.356. The standard InChI is InChI=1S/C7H13NOS/c8-7(9)10-5-2-1-3-6(10)4-5/h5-6,10H,1-4H2,(H2,8,9). The van der Waals surface area contributed by atoms with Gasteiger partial charge in [-0.2, -0.15) is 10.9 Å². The summed E-state index contributed by atoms with van der Waals surface area (Å²) >= 11 is 0. The molecule has 3 rings (SSSR count). The molecule has 2 nitrogen and oxygen atoms in total. The van der Waals surface area contributed by atoms with E-state index in [9.17, 15) is 4.79 Å². The van der Waals surface area contributed by atoms with Gasteiger partial charge in [0, 0.05) is 0 Å². The third-order valence-corrected chi connectivity index (χ3v) is 5.68. The summed E-state index contributed by atoms with van der Waals surface area (Å²) in [4.78, 5) is 10.8. The lowest BCUT2D eigenvalue weighted by Crippen LogP contribution is -2.42. The number of nitrogens with two attached hydrogens (primary N) is 1. The Morgan fingerprint density at radius 1 is 1.40 bits per heavy atom. The van der Waals surface area contributed by atoms with Crippen molar-refractivity contribution in [2.24, 2.45) is 5.73 Å². The molecule has 2 saturated heterocycles. The Morgan fingerprint density at radius 2 is 2.00 bits per heavy atom. The largest absolute Gasteiger partial charge is 0.362 e. The van der Waals surface area contributed by atoms with Gasteiger partial charge in [0.05, 0.1) is 0 Å². The van der Waals surface area contributed by atoms with E-state index in [0.29, 0.717) is 0 Å². The summed E-state index contributed by atoms with van der Waals surface area (Å²) in [5.74, 6) is 0. The number of thiol groups is 1. The first kappa shape index (κ1) is 6.53. The second kappa shape index (κ2) is 2.16. The second-order valence-electron chi connectivity index (χ2n) is 3.22. The number of hydrogen-bond acceptors (Lipinski definition) is 1. The monoisotopic (exact) mass is 159 g/mol. The summed E-state index contributed by atoms with van der Waals surface area (Å²) in [6.45, 7) is 0. The van der Waals surface area contributed by atoms with Crippen molar-refractivity contribution in [3.8, 4) is 0 Å². The van der Waals surface area contributed by atoms with Crippen LogP contribution in [0.4, 0.5) is 4.79 Å². The van der Waals surface area contributed by atoms with Crippen LogP contribution in [-0.4, -0.2) is 15.7 Å². The summed E-state index contributed by atoms with van der Waals surface area (Å²) in [5, 5.41) is 1.47. The molecule has 0 aromatic rings. The molecule has 2 unspecified atom stereocenters. The van der Waals surface area contributed by atoms with Crippen LogP contribution in [0, 0.1) is 0 Å². The third kappa shape index (κ3) is 0.764. The van der Waals surface area contributed by atoms with Crippen molar-refractivity contribution in [3.05, 3.63) is 0 Å². The van der Waals surface area contributed by atoms with Gasteiger partial charge in [-0.3, -0.25) is 4.79 Å². The molecule has 0 aromatic heterocycles. The van der Waals surface area contributed by atoms with Crippen LogP contribution in [0.1, 0.15) is 25.7 Å². The molecule has 0 aromatic carbocycles. The van der Waals surface area contributed by atoms with Crippen LogP contribution in [0.15, 0.2) is 0 Å². The number of carbonyl (C=O) groups is 1. The maximum absolute atomic E-state index is 10.8. The first-order valence-electron chi connectivity index (χ1n) is 3.87. The quantitative estimate of drug-likeness (QED) is 0.515. The van der Waals surface area contributed by atoms with Crippen molar-refractivity contribution in [3.63, 3.8) is 0 Å². The van der Waals surface area contributed by atoms with E-state index in [1.165, 1.54) is 25.7 Å². The molecule has 2 atom stereocenters. The molecule has 1 saturated carbocycles. The normalized spacial score (nSPS) is 47.8. The van der Waals surface area contributed by atoms with E-state index in [1.807, 2.05) is 0 Å². The van der Waals surface area contributed by atoms with Gasteiger partial charge in [-0.15, -0.1) is 0 Å². The van der Waals surface area contributed by atoms with E-state index in [1.54, 1.807) is 0 Å². The number of fused-ring (bicyclic) bond motifs is 2. The molecule has 0 spiro atoms. The molecule has 2 N–H and O–H groups in total. The zero-order chi connectivity index (χ0) is 7.14. The first-order chi connectivity index (χ1) is 4.79. The number of primary amides is 1. The van der Waals surface area contributed by atoms with Crippen molar-refractivity contribution in [1.29, 1.82) is 0 Å².